The quantitative estimate of drug-likeness (QED) is 0.773. The second-order valence-corrected chi connectivity index (χ2v) is 4.04. The molecule has 1 saturated carbocycles. The van der Waals surface area contributed by atoms with E-state index in [4.69, 9.17) is 5.26 Å². The molecule has 1 aliphatic rings. The molecule has 1 aromatic rings. The van der Waals surface area contributed by atoms with Crippen molar-refractivity contribution in [2.45, 2.75) is 32.6 Å². The van der Waals surface area contributed by atoms with E-state index in [1.54, 1.807) is 0 Å². The minimum Gasteiger partial charge on any atom is -0.341 e. The van der Waals surface area contributed by atoms with Crippen molar-refractivity contribution in [3.05, 3.63) is 17.5 Å². The summed E-state index contributed by atoms with van der Waals surface area (Å²) in [6.45, 7) is 5.89. The average Bonchev–Trinajstić information content (AvgIpc) is 3.14. The highest BCUT2D eigenvalue weighted by Crippen LogP contribution is 2.39. The number of hydrogen-bond acceptors (Lipinski definition) is 4. The Morgan fingerprint density at radius 2 is 2.06 bits per heavy atom. The molecule has 0 radical (unpaired) electrons. The predicted molar refractivity (Wildman–Crippen MR) is 62.3 cm³/mol. The Morgan fingerprint density at radius 3 is 2.56 bits per heavy atom. The summed E-state index contributed by atoms with van der Waals surface area (Å²) in [5.74, 6) is 1.26. The normalized spacial score (nSPS) is 14.6. The number of hydrogen-bond donors (Lipinski definition) is 0. The van der Waals surface area contributed by atoms with E-state index in [2.05, 4.69) is 34.8 Å². The molecule has 0 spiro atoms. The van der Waals surface area contributed by atoms with Gasteiger partial charge in [-0.25, -0.2) is 9.97 Å². The Morgan fingerprint density at radius 1 is 1.38 bits per heavy atom. The highest BCUT2D eigenvalue weighted by molar-refractivity contribution is 5.37. The molecule has 16 heavy (non-hydrogen) atoms. The first-order valence-corrected chi connectivity index (χ1v) is 5.82. The van der Waals surface area contributed by atoms with Crippen molar-refractivity contribution in [3.8, 4) is 6.07 Å². The van der Waals surface area contributed by atoms with Gasteiger partial charge in [0.25, 0.3) is 0 Å². The molecule has 0 aromatic carbocycles. The first kappa shape index (κ1) is 10.9. The van der Waals surface area contributed by atoms with E-state index in [-0.39, 0.29) is 0 Å². The Labute approximate surface area is 95.9 Å². The molecule has 1 heterocycles. The molecule has 1 aliphatic carbocycles. The van der Waals surface area contributed by atoms with Gasteiger partial charge in [-0.15, -0.1) is 0 Å². The third-order valence-electron chi connectivity index (χ3n) is 2.89. The average molecular weight is 216 g/mol. The van der Waals surface area contributed by atoms with Gasteiger partial charge in [0.15, 0.2) is 0 Å². The van der Waals surface area contributed by atoms with Crippen LogP contribution in [0, 0.1) is 11.3 Å². The molecule has 0 aliphatic heterocycles. The van der Waals surface area contributed by atoms with Crippen molar-refractivity contribution in [1.29, 1.82) is 5.26 Å². The van der Waals surface area contributed by atoms with Crippen molar-refractivity contribution in [2.75, 3.05) is 18.0 Å². The number of nitrogens with zero attached hydrogens (tertiary/aromatic N) is 4. The van der Waals surface area contributed by atoms with Crippen LogP contribution < -0.4 is 4.90 Å². The van der Waals surface area contributed by atoms with Crippen LogP contribution in [-0.4, -0.2) is 23.1 Å². The summed E-state index contributed by atoms with van der Waals surface area (Å²) in [4.78, 5) is 10.9. The minimum atomic E-state index is 0.485. The fourth-order valence-electron chi connectivity index (χ4n) is 1.75. The molecule has 0 N–H and O–H groups in total. The zero-order chi connectivity index (χ0) is 11.5. The van der Waals surface area contributed by atoms with Crippen LogP contribution >= 0.6 is 0 Å². The van der Waals surface area contributed by atoms with Crippen molar-refractivity contribution < 1.29 is 0 Å². The molecular weight excluding hydrogens is 200 g/mol. The highest BCUT2D eigenvalue weighted by Gasteiger charge is 2.26. The molecule has 4 heteroatoms. The lowest BCUT2D eigenvalue weighted by atomic mass is 10.2. The van der Waals surface area contributed by atoms with E-state index in [1.807, 2.05) is 6.07 Å². The Bertz CT molecular complexity index is 414. The number of anilines is 1. The highest BCUT2D eigenvalue weighted by atomic mass is 15.2. The van der Waals surface area contributed by atoms with Crippen molar-refractivity contribution in [2.24, 2.45) is 0 Å². The molecule has 0 bridgehead atoms. The van der Waals surface area contributed by atoms with Gasteiger partial charge in [0.2, 0.25) is 5.95 Å². The van der Waals surface area contributed by atoms with Gasteiger partial charge in [-0.1, -0.05) is 0 Å². The maximum absolute atomic E-state index is 8.96. The van der Waals surface area contributed by atoms with Gasteiger partial charge in [0, 0.05) is 19.0 Å². The maximum atomic E-state index is 8.96. The number of rotatable bonds is 4. The molecular formula is C12H16N4. The van der Waals surface area contributed by atoms with E-state index in [0.29, 0.717) is 17.6 Å². The summed E-state index contributed by atoms with van der Waals surface area (Å²) in [6, 6.07) is 3.94. The fraction of sp³-hybridized carbons (Fsp3) is 0.583. The van der Waals surface area contributed by atoms with Gasteiger partial charge in [-0.05, 0) is 32.8 Å². The van der Waals surface area contributed by atoms with Gasteiger partial charge in [-0.2, -0.15) is 5.26 Å². The van der Waals surface area contributed by atoms with Crippen LogP contribution in [0.5, 0.6) is 0 Å². The van der Waals surface area contributed by atoms with E-state index in [9.17, 15) is 0 Å². The molecule has 84 valence electrons. The molecule has 1 aromatic heterocycles. The molecule has 4 nitrogen and oxygen atoms in total. The third kappa shape index (κ3) is 2.13. The van der Waals surface area contributed by atoms with Gasteiger partial charge >= 0.3 is 0 Å². The van der Waals surface area contributed by atoms with Crippen molar-refractivity contribution in [3.63, 3.8) is 0 Å². The largest absolute Gasteiger partial charge is 0.341 e. The Kier molecular flexibility index (Phi) is 3.04. The summed E-state index contributed by atoms with van der Waals surface area (Å²) >= 11 is 0. The van der Waals surface area contributed by atoms with E-state index >= 15 is 0 Å². The number of nitriles is 1. The molecule has 0 amide bonds. The zero-order valence-electron chi connectivity index (χ0n) is 9.77. The lowest BCUT2D eigenvalue weighted by molar-refractivity contribution is 0.806. The SMILES string of the molecule is CCN(CC)c1nc(C#N)cc(C2CC2)n1. The molecule has 0 saturated heterocycles. The lowest BCUT2D eigenvalue weighted by Gasteiger charge is -2.19. The summed E-state index contributed by atoms with van der Waals surface area (Å²) in [7, 11) is 0. The van der Waals surface area contributed by atoms with Crippen LogP contribution in [0.1, 0.15) is 44.0 Å². The summed E-state index contributed by atoms with van der Waals surface area (Å²) in [5.41, 5.74) is 1.52. The van der Waals surface area contributed by atoms with Crippen LogP contribution in [0.2, 0.25) is 0 Å². The van der Waals surface area contributed by atoms with Crippen LogP contribution in [0.3, 0.4) is 0 Å². The monoisotopic (exact) mass is 216 g/mol. The Hall–Kier alpha value is -1.63. The molecule has 0 atom stereocenters. The lowest BCUT2D eigenvalue weighted by Crippen LogP contribution is -2.24. The maximum Gasteiger partial charge on any atom is 0.226 e. The molecule has 0 unspecified atom stereocenters. The third-order valence-corrected chi connectivity index (χ3v) is 2.89. The first-order valence-electron chi connectivity index (χ1n) is 5.82. The van der Waals surface area contributed by atoms with Crippen LogP contribution in [0.15, 0.2) is 6.07 Å². The molecule has 2 rings (SSSR count). The summed E-state index contributed by atoms with van der Waals surface area (Å²) in [5, 5.41) is 8.96. The first-order chi connectivity index (χ1) is 7.78. The predicted octanol–water partition coefficient (Wildman–Crippen LogP) is 2.07. The second kappa shape index (κ2) is 4.48. The minimum absolute atomic E-state index is 0.485. The smallest absolute Gasteiger partial charge is 0.226 e. The summed E-state index contributed by atoms with van der Waals surface area (Å²) in [6.07, 6.45) is 2.39. The van der Waals surface area contributed by atoms with E-state index < -0.39 is 0 Å². The van der Waals surface area contributed by atoms with Gasteiger partial charge in [0.1, 0.15) is 11.8 Å². The van der Waals surface area contributed by atoms with Crippen LogP contribution in [-0.2, 0) is 0 Å². The van der Waals surface area contributed by atoms with Crippen molar-refractivity contribution >= 4 is 5.95 Å². The van der Waals surface area contributed by atoms with Crippen LogP contribution in [0.25, 0.3) is 0 Å². The van der Waals surface area contributed by atoms with Crippen molar-refractivity contribution in [1.82, 2.24) is 9.97 Å². The fourth-order valence-corrected chi connectivity index (χ4v) is 1.75. The van der Waals surface area contributed by atoms with Crippen LogP contribution in [0.4, 0.5) is 5.95 Å². The topological polar surface area (TPSA) is 52.8 Å². The second-order valence-electron chi connectivity index (χ2n) is 4.04. The van der Waals surface area contributed by atoms with E-state index in [1.165, 1.54) is 12.8 Å². The molecule has 1 fully saturated rings. The van der Waals surface area contributed by atoms with Gasteiger partial charge in [-0.3, -0.25) is 0 Å². The van der Waals surface area contributed by atoms with E-state index in [0.717, 1.165) is 18.8 Å². The standard InChI is InChI=1S/C12H16N4/c1-3-16(4-2)12-14-10(8-13)7-11(15-12)9-5-6-9/h7,9H,3-6H2,1-2H3. The summed E-state index contributed by atoms with van der Waals surface area (Å²) < 4.78 is 0. The van der Waals surface area contributed by atoms with Gasteiger partial charge < -0.3 is 4.90 Å². The Balaban J connectivity index is 2.36. The zero-order valence-corrected chi connectivity index (χ0v) is 9.77. The van der Waals surface area contributed by atoms with Gasteiger partial charge in [0.05, 0.1) is 5.69 Å². The number of aromatic nitrogens is 2.